The zero-order chi connectivity index (χ0) is 26.4. The van der Waals surface area contributed by atoms with E-state index in [1.54, 1.807) is 38.5 Å². The first kappa shape index (κ1) is 25.6. The molecule has 192 valence electrons. The van der Waals surface area contributed by atoms with Crippen molar-refractivity contribution in [2.45, 2.75) is 13.0 Å². The van der Waals surface area contributed by atoms with Gasteiger partial charge in [0.1, 0.15) is 0 Å². The van der Waals surface area contributed by atoms with Crippen LogP contribution in [0.3, 0.4) is 0 Å². The third-order valence-electron chi connectivity index (χ3n) is 6.27. The Kier molecular flexibility index (Phi) is 7.99. The number of para-hydroxylation sites is 1. The first-order valence-electron chi connectivity index (χ1n) is 11.8. The van der Waals surface area contributed by atoms with Crippen LogP contribution in [0.2, 0.25) is 0 Å². The standard InChI is InChI=1S/C27H28N4O6/c1-36-24-15-19-11-13-30(17-20(19)16-25(24)37-2)14-12-28-27(33)22-5-3-4-6-23(22)29-26(32)18-7-9-21(10-8-18)31(34)35/h3-10,15-16H,11-14,17H2,1-2H3,(H,28,33)(H,29,32). The highest BCUT2D eigenvalue weighted by Crippen LogP contribution is 2.33. The maximum atomic E-state index is 12.9. The number of nitrogens with one attached hydrogen (secondary N) is 2. The zero-order valence-electron chi connectivity index (χ0n) is 20.7. The second kappa shape index (κ2) is 11.5. The minimum atomic E-state index is -0.530. The number of benzene rings is 3. The number of carbonyl (C=O) groups is 2. The Morgan fingerprint density at radius 2 is 1.65 bits per heavy atom. The molecular weight excluding hydrogens is 476 g/mol. The lowest BCUT2D eigenvalue weighted by Gasteiger charge is -2.29. The van der Waals surface area contributed by atoms with E-state index in [0.29, 0.717) is 30.1 Å². The minimum Gasteiger partial charge on any atom is -0.493 e. The summed E-state index contributed by atoms with van der Waals surface area (Å²) in [6.07, 6.45) is 0.876. The van der Waals surface area contributed by atoms with Gasteiger partial charge in [0, 0.05) is 43.9 Å². The van der Waals surface area contributed by atoms with Gasteiger partial charge in [-0.25, -0.2) is 0 Å². The van der Waals surface area contributed by atoms with Crippen LogP contribution in [0.1, 0.15) is 31.8 Å². The summed E-state index contributed by atoms with van der Waals surface area (Å²) in [6, 6.07) is 16.0. The summed E-state index contributed by atoms with van der Waals surface area (Å²) in [7, 11) is 3.24. The van der Waals surface area contributed by atoms with Crippen LogP contribution in [-0.4, -0.2) is 55.5 Å². The summed E-state index contributed by atoms with van der Waals surface area (Å²) in [4.78, 5) is 38.1. The Bertz CT molecular complexity index is 1310. The third kappa shape index (κ3) is 6.04. The van der Waals surface area contributed by atoms with Gasteiger partial charge in [0.25, 0.3) is 17.5 Å². The molecule has 10 heteroatoms. The molecule has 2 amide bonds. The van der Waals surface area contributed by atoms with E-state index < -0.39 is 10.8 Å². The van der Waals surface area contributed by atoms with Crippen molar-refractivity contribution in [1.82, 2.24) is 10.2 Å². The summed E-state index contributed by atoms with van der Waals surface area (Å²) in [5, 5.41) is 16.5. The lowest BCUT2D eigenvalue weighted by Crippen LogP contribution is -2.38. The second-order valence-electron chi connectivity index (χ2n) is 8.56. The Balaban J connectivity index is 1.34. The molecule has 0 spiro atoms. The SMILES string of the molecule is COc1cc2c(cc1OC)CN(CCNC(=O)c1ccccc1NC(=O)c1ccc([N+](=O)[O-])cc1)CC2. The van der Waals surface area contributed by atoms with E-state index in [1.807, 2.05) is 12.1 Å². The molecule has 0 radical (unpaired) electrons. The average Bonchev–Trinajstić information content (AvgIpc) is 2.92. The van der Waals surface area contributed by atoms with Gasteiger partial charge in [-0.15, -0.1) is 0 Å². The van der Waals surface area contributed by atoms with Crippen molar-refractivity contribution in [3.63, 3.8) is 0 Å². The Morgan fingerprint density at radius 1 is 0.973 bits per heavy atom. The van der Waals surface area contributed by atoms with E-state index in [9.17, 15) is 19.7 Å². The normalized spacial score (nSPS) is 12.8. The first-order chi connectivity index (χ1) is 17.9. The molecule has 2 N–H and O–H groups in total. The number of rotatable bonds is 9. The monoisotopic (exact) mass is 504 g/mol. The highest BCUT2D eigenvalue weighted by molar-refractivity contribution is 6.09. The van der Waals surface area contributed by atoms with E-state index in [-0.39, 0.29) is 17.2 Å². The van der Waals surface area contributed by atoms with Crippen molar-refractivity contribution in [2.24, 2.45) is 0 Å². The molecule has 0 aromatic heterocycles. The number of hydrogen-bond donors (Lipinski definition) is 2. The lowest BCUT2D eigenvalue weighted by molar-refractivity contribution is -0.384. The zero-order valence-corrected chi connectivity index (χ0v) is 20.7. The number of anilines is 1. The first-order valence-corrected chi connectivity index (χ1v) is 11.8. The van der Waals surface area contributed by atoms with Crippen LogP contribution >= 0.6 is 0 Å². The average molecular weight is 505 g/mol. The Labute approximate surface area is 214 Å². The van der Waals surface area contributed by atoms with Crippen LogP contribution in [0.15, 0.2) is 60.7 Å². The molecule has 0 fully saturated rings. The lowest BCUT2D eigenvalue weighted by atomic mass is 9.99. The Hall–Kier alpha value is -4.44. The molecule has 1 aliphatic rings. The fraction of sp³-hybridized carbons (Fsp3) is 0.259. The molecule has 3 aromatic rings. The highest BCUT2D eigenvalue weighted by atomic mass is 16.6. The molecule has 37 heavy (non-hydrogen) atoms. The molecule has 1 aliphatic heterocycles. The summed E-state index contributed by atoms with van der Waals surface area (Å²) < 4.78 is 10.8. The van der Waals surface area contributed by atoms with Crippen LogP contribution < -0.4 is 20.1 Å². The largest absolute Gasteiger partial charge is 0.493 e. The van der Waals surface area contributed by atoms with Gasteiger partial charge in [-0.3, -0.25) is 24.6 Å². The van der Waals surface area contributed by atoms with Gasteiger partial charge in [0.05, 0.1) is 30.4 Å². The summed E-state index contributed by atoms with van der Waals surface area (Å²) in [5.74, 6) is 0.655. The predicted molar refractivity (Wildman–Crippen MR) is 138 cm³/mol. The molecule has 0 atom stereocenters. The maximum absolute atomic E-state index is 12.9. The van der Waals surface area contributed by atoms with Gasteiger partial charge in [-0.2, -0.15) is 0 Å². The van der Waals surface area contributed by atoms with Gasteiger partial charge in [0.2, 0.25) is 0 Å². The van der Waals surface area contributed by atoms with Crippen molar-refractivity contribution >= 4 is 23.2 Å². The van der Waals surface area contributed by atoms with Crippen LogP contribution in [0.5, 0.6) is 11.5 Å². The summed E-state index contributed by atoms with van der Waals surface area (Å²) in [6.45, 7) is 2.70. The van der Waals surface area contributed by atoms with Crippen molar-refractivity contribution in [1.29, 1.82) is 0 Å². The van der Waals surface area contributed by atoms with Gasteiger partial charge in [-0.1, -0.05) is 12.1 Å². The third-order valence-corrected chi connectivity index (χ3v) is 6.27. The topological polar surface area (TPSA) is 123 Å². The molecular formula is C27H28N4O6. The minimum absolute atomic E-state index is 0.104. The van der Waals surface area contributed by atoms with Crippen molar-refractivity contribution in [2.75, 3.05) is 39.2 Å². The molecule has 4 rings (SSSR count). The van der Waals surface area contributed by atoms with Gasteiger partial charge < -0.3 is 20.1 Å². The molecule has 0 aliphatic carbocycles. The second-order valence-corrected chi connectivity index (χ2v) is 8.56. The fourth-order valence-corrected chi connectivity index (χ4v) is 4.27. The highest BCUT2D eigenvalue weighted by Gasteiger charge is 2.20. The number of nitro benzene ring substituents is 1. The summed E-state index contributed by atoms with van der Waals surface area (Å²) >= 11 is 0. The number of fused-ring (bicyclic) bond motifs is 1. The number of hydrogen-bond acceptors (Lipinski definition) is 7. The van der Waals surface area contributed by atoms with Crippen LogP contribution in [0, 0.1) is 10.1 Å². The van der Waals surface area contributed by atoms with Crippen LogP contribution in [0.25, 0.3) is 0 Å². The van der Waals surface area contributed by atoms with E-state index in [2.05, 4.69) is 15.5 Å². The van der Waals surface area contributed by atoms with Gasteiger partial charge in [-0.05, 0) is 53.9 Å². The van der Waals surface area contributed by atoms with Crippen molar-refractivity contribution in [3.05, 3.63) is 93.0 Å². The molecule has 0 saturated carbocycles. The molecule has 1 heterocycles. The molecule has 0 saturated heterocycles. The number of nitrogens with zero attached hydrogens (tertiary/aromatic N) is 2. The van der Waals surface area contributed by atoms with Crippen LogP contribution in [-0.2, 0) is 13.0 Å². The van der Waals surface area contributed by atoms with Gasteiger partial charge >= 0.3 is 0 Å². The number of ether oxygens (including phenoxy) is 2. The molecule has 0 unspecified atom stereocenters. The molecule has 10 nitrogen and oxygen atoms in total. The maximum Gasteiger partial charge on any atom is 0.269 e. The van der Waals surface area contributed by atoms with Crippen LogP contribution in [0.4, 0.5) is 11.4 Å². The molecule has 3 aromatic carbocycles. The number of nitro groups is 1. The number of methoxy groups -OCH3 is 2. The number of amides is 2. The van der Waals surface area contributed by atoms with E-state index in [1.165, 1.54) is 35.4 Å². The smallest absolute Gasteiger partial charge is 0.269 e. The fourth-order valence-electron chi connectivity index (χ4n) is 4.27. The van der Waals surface area contributed by atoms with E-state index in [0.717, 1.165) is 25.3 Å². The quantitative estimate of drug-likeness (QED) is 0.337. The van der Waals surface area contributed by atoms with Crippen molar-refractivity contribution < 1.29 is 24.0 Å². The Morgan fingerprint density at radius 3 is 2.32 bits per heavy atom. The van der Waals surface area contributed by atoms with E-state index >= 15 is 0 Å². The van der Waals surface area contributed by atoms with Crippen molar-refractivity contribution in [3.8, 4) is 11.5 Å². The number of carbonyl (C=O) groups excluding carboxylic acids is 2. The number of non-ortho nitro benzene ring substituents is 1. The summed E-state index contributed by atoms with van der Waals surface area (Å²) in [5.41, 5.74) is 3.24. The van der Waals surface area contributed by atoms with Gasteiger partial charge in [0.15, 0.2) is 11.5 Å². The molecule has 0 bridgehead atoms. The predicted octanol–water partition coefficient (Wildman–Crippen LogP) is 3.65. The van der Waals surface area contributed by atoms with E-state index in [4.69, 9.17) is 9.47 Å².